The molecule has 1 aliphatic heterocycles. The van der Waals surface area contributed by atoms with Crippen molar-refractivity contribution in [3.8, 4) is 5.75 Å². The van der Waals surface area contributed by atoms with Crippen molar-refractivity contribution in [2.75, 3.05) is 17.7 Å². The minimum absolute atomic E-state index is 0.148. The molecule has 0 saturated heterocycles. The third-order valence-corrected chi connectivity index (χ3v) is 5.69. The second kappa shape index (κ2) is 9.37. The molecule has 0 spiro atoms. The summed E-state index contributed by atoms with van der Waals surface area (Å²) in [5, 5.41) is 16.6. The summed E-state index contributed by atoms with van der Waals surface area (Å²) in [7, 11) is 1.36. The van der Waals surface area contributed by atoms with E-state index in [1.165, 1.54) is 31.4 Å². The highest BCUT2D eigenvalue weighted by Crippen LogP contribution is 2.35. The number of carboxylic acid groups (broad SMARTS) is 1. The number of carbonyl (C=O) groups is 4. The molecular weight excluding hydrogens is 471 g/mol. The van der Waals surface area contributed by atoms with E-state index in [0.29, 0.717) is 33.8 Å². The molecule has 4 rings (SSSR count). The predicted octanol–water partition coefficient (Wildman–Crippen LogP) is 3.93. The lowest BCUT2D eigenvalue weighted by Gasteiger charge is -2.09. The lowest BCUT2D eigenvalue weighted by Crippen LogP contribution is -2.34. The maximum atomic E-state index is 14.1. The van der Waals surface area contributed by atoms with E-state index in [9.17, 15) is 28.7 Å². The second-order valence-electron chi connectivity index (χ2n) is 8.00. The number of H-pyrrole nitrogens is 1. The van der Waals surface area contributed by atoms with Crippen LogP contribution >= 0.6 is 0 Å². The zero-order valence-electron chi connectivity index (χ0n) is 19.4. The number of ether oxygens (including phenoxy) is 1. The average molecular weight is 492 g/mol. The first-order valence-electron chi connectivity index (χ1n) is 10.6. The van der Waals surface area contributed by atoms with Gasteiger partial charge in [-0.15, -0.1) is 0 Å². The van der Waals surface area contributed by atoms with Crippen molar-refractivity contribution in [1.29, 1.82) is 0 Å². The van der Waals surface area contributed by atoms with Crippen LogP contribution in [0.2, 0.25) is 0 Å². The zero-order valence-corrected chi connectivity index (χ0v) is 19.4. The topological polar surface area (TPSA) is 150 Å². The fourth-order valence-corrected chi connectivity index (χ4v) is 3.94. The highest BCUT2D eigenvalue weighted by molar-refractivity contribution is 6.35. The third kappa shape index (κ3) is 4.53. The number of aromatic amines is 1. The molecule has 2 aromatic carbocycles. The number of rotatable bonds is 5. The Labute approximate surface area is 204 Å². The van der Waals surface area contributed by atoms with Gasteiger partial charge >= 0.3 is 12.0 Å². The van der Waals surface area contributed by atoms with Crippen LogP contribution in [-0.4, -0.2) is 41.0 Å². The Hall–Kier alpha value is -4.93. The lowest BCUT2D eigenvalue weighted by molar-refractivity contribution is -0.110. The Kier molecular flexibility index (Phi) is 6.30. The zero-order chi connectivity index (χ0) is 26.1. The average Bonchev–Trinajstić information content (AvgIpc) is 3.27. The van der Waals surface area contributed by atoms with Gasteiger partial charge in [0.05, 0.1) is 29.5 Å². The Balaban J connectivity index is 1.51. The van der Waals surface area contributed by atoms with Crippen LogP contribution in [-0.2, 0) is 4.79 Å². The van der Waals surface area contributed by atoms with Crippen LogP contribution in [0.1, 0.15) is 43.2 Å². The molecule has 36 heavy (non-hydrogen) atoms. The first-order chi connectivity index (χ1) is 17.1. The maximum Gasteiger partial charge on any atom is 0.337 e. The van der Waals surface area contributed by atoms with Crippen LogP contribution in [0, 0.1) is 19.7 Å². The summed E-state index contributed by atoms with van der Waals surface area (Å²) < 4.78 is 19.0. The normalized spacial score (nSPS) is 13.2. The van der Waals surface area contributed by atoms with Gasteiger partial charge in [-0.2, -0.15) is 0 Å². The molecule has 1 aliphatic rings. The van der Waals surface area contributed by atoms with E-state index >= 15 is 0 Å². The van der Waals surface area contributed by atoms with E-state index < -0.39 is 29.6 Å². The highest BCUT2D eigenvalue weighted by atomic mass is 19.1. The molecule has 0 radical (unpaired) electrons. The number of carboxylic acids is 1. The molecule has 5 N–H and O–H groups in total. The van der Waals surface area contributed by atoms with E-state index in [4.69, 9.17) is 4.74 Å². The van der Waals surface area contributed by atoms with Gasteiger partial charge in [0.25, 0.3) is 11.8 Å². The van der Waals surface area contributed by atoms with Gasteiger partial charge in [-0.25, -0.2) is 14.0 Å². The van der Waals surface area contributed by atoms with Crippen LogP contribution in [0.5, 0.6) is 5.75 Å². The standard InChI is InChI=1S/C25H21FN4O6/c1-11-19(27-12(2)21(11)24(33)34)10-17-15-6-4-13(8-20(15)29-23(17)32)28-25(35)30-22(31)16-7-5-14(36-3)9-18(16)26/h4-10,27H,1-3H3,(H,29,32)(H,33,34)(H2,28,30,31,35). The van der Waals surface area contributed by atoms with Crippen molar-refractivity contribution >= 4 is 46.8 Å². The largest absolute Gasteiger partial charge is 0.497 e. The minimum Gasteiger partial charge on any atom is -0.497 e. The summed E-state index contributed by atoms with van der Waals surface area (Å²) in [5.74, 6) is -3.03. The number of carbonyl (C=O) groups excluding carboxylic acids is 3. The van der Waals surface area contributed by atoms with Crippen LogP contribution in [0.25, 0.3) is 11.6 Å². The number of imide groups is 1. The summed E-state index contributed by atoms with van der Waals surface area (Å²) in [4.78, 5) is 51.6. The molecule has 10 nitrogen and oxygen atoms in total. The van der Waals surface area contributed by atoms with Crippen molar-refractivity contribution in [3.05, 3.63) is 75.9 Å². The SMILES string of the molecule is COc1ccc(C(=O)NC(=O)Nc2ccc3c(c2)NC(=O)C3=Cc2[nH]c(C)c(C(=O)O)c2C)c(F)c1. The molecule has 1 aromatic heterocycles. The van der Waals surface area contributed by atoms with Gasteiger partial charge in [0.1, 0.15) is 11.6 Å². The number of halogens is 1. The highest BCUT2D eigenvalue weighted by Gasteiger charge is 2.26. The van der Waals surface area contributed by atoms with Gasteiger partial charge in [-0.05, 0) is 49.8 Å². The Bertz CT molecular complexity index is 1470. The predicted molar refractivity (Wildman–Crippen MR) is 130 cm³/mol. The van der Waals surface area contributed by atoms with E-state index in [0.717, 1.165) is 6.07 Å². The number of hydrogen-bond acceptors (Lipinski definition) is 5. The van der Waals surface area contributed by atoms with Gasteiger partial charge in [-0.1, -0.05) is 6.07 Å². The van der Waals surface area contributed by atoms with Gasteiger partial charge in [0, 0.05) is 28.7 Å². The second-order valence-corrected chi connectivity index (χ2v) is 8.00. The fourth-order valence-electron chi connectivity index (χ4n) is 3.94. The van der Waals surface area contributed by atoms with Crippen molar-refractivity contribution < 1.29 is 33.4 Å². The lowest BCUT2D eigenvalue weighted by atomic mass is 10.0. The molecule has 0 bridgehead atoms. The third-order valence-electron chi connectivity index (χ3n) is 5.69. The smallest absolute Gasteiger partial charge is 0.337 e. The molecular formula is C25H21FN4O6. The van der Waals surface area contributed by atoms with E-state index in [1.807, 2.05) is 5.32 Å². The first-order valence-corrected chi connectivity index (χ1v) is 10.6. The number of anilines is 2. The number of nitrogens with one attached hydrogen (secondary N) is 4. The molecule has 4 amide bonds. The number of benzene rings is 2. The van der Waals surface area contributed by atoms with Gasteiger partial charge in [0.2, 0.25) is 0 Å². The van der Waals surface area contributed by atoms with Crippen LogP contribution < -0.4 is 20.7 Å². The number of urea groups is 1. The summed E-state index contributed by atoms with van der Waals surface area (Å²) in [6.45, 7) is 3.29. The molecule has 2 heterocycles. The minimum atomic E-state index is -1.07. The van der Waals surface area contributed by atoms with Gasteiger partial charge in [-0.3, -0.25) is 14.9 Å². The Morgan fingerprint density at radius 1 is 1.11 bits per heavy atom. The Morgan fingerprint density at radius 3 is 2.50 bits per heavy atom. The first kappa shape index (κ1) is 24.2. The van der Waals surface area contributed by atoms with Crippen molar-refractivity contribution in [2.45, 2.75) is 13.8 Å². The Morgan fingerprint density at radius 2 is 1.86 bits per heavy atom. The number of aromatic carboxylic acids is 1. The molecule has 0 unspecified atom stereocenters. The number of aryl methyl sites for hydroxylation is 1. The van der Waals surface area contributed by atoms with Crippen molar-refractivity contribution in [2.24, 2.45) is 0 Å². The van der Waals surface area contributed by atoms with Crippen molar-refractivity contribution in [1.82, 2.24) is 10.3 Å². The molecule has 0 aliphatic carbocycles. The molecule has 11 heteroatoms. The van der Waals surface area contributed by atoms with E-state index in [2.05, 4.69) is 15.6 Å². The van der Waals surface area contributed by atoms with Crippen molar-refractivity contribution in [3.63, 3.8) is 0 Å². The summed E-state index contributed by atoms with van der Waals surface area (Å²) in [5.41, 5.74) is 2.83. The molecule has 3 aromatic rings. The number of amides is 4. The number of fused-ring (bicyclic) bond motifs is 1. The molecule has 184 valence electrons. The number of aromatic nitrogens is 1. The monoisotopic (exact) mass is 492 g/mol. The van der Waals surface area contributed by atoms with Crippen LogP contribution in [0.15, 0.2) is 36.4 Å². The number of methoxy groups -OCH3 is 1. The molecule has 0 atom stereocenters. The van der Waals surface area contributed by atoms with E-state index in [-0.39, 0.29) is 22.6 Å². The van der Waals surface area contributed by atoms with Crippen LogP contribution in [0.3, 0.4) is 0 Å². The van der Waals surface area contributed by atoms with Gasteiger partial charge < -0.3 is 25.5 Å². The quantitative estimate of drug-likeness (QED) is 0.341. The molecule has 0 fully saturated rings. The fraction of sp³-hybridized carbons (Fsp3) is 0.120. The van der Waals surface area contributed by atoms with Crippen LogP contribution in [0.4, 0.5) is 20.6 Å². The maximum absolute atomic E-state index is 14.1. The summed E-state index contributed by atoms with van der Waals surface area (Å²) in [6.07, 6.45) is 1.57. The molecule has 0 saturated carbocycles. The van der Waals surface area contributed by atoms with E-state index in [1.54, 1.807) is 26.0 Å². The summed E-state index contributed by atoms with van der Waals surface area (Å²) in [6, 6.07) is 7.35. The summed E-state index contributed by atoms with van der Waals surface area (Å²) >= 11 is 0. The van der Waals surface area contributed by atoms with Gasteiger partial charge in [0.15, 0.2) is 0 Å². The number of hydrogen-bond donors (Lipinski definition) is 5.